The summed E-state index contributed by atoms with van der Waals surface area (Å²) >= 11 is 0. The molecule has 5 heteroatoms. The topological polar surface area (TPSA) is 62.2 Å². The normalized spacial score (nSPS) is 23.0. The molecule has 1 saturated heterocycles. The van der Waals surface area contributed by atoms with Crippen molar-refractivity contribution in [2.45, 2.75) is 31.8 Å². The van der Waals surface area contributed by atoms with Crippen molar-refractivity contribution < 1.29 is 19.7 Å². The van der Waals surface area contributed by atoms with Crippen LogP contribution >= 0.6 is 0 Å². The van der Waals surface area contributed by atoms with Gasteiger partial charge in [0.25, 0.3) is 0 Å². The lowest BCUT2D eigenvalue weighted by molar-refractivity contribution is -0.0255. The molecule has 22 heavy (non-hydrogen) atoms. The lowest BCUT2D eigenvalue weighted by atomic mass is 9.96. The van der Waals surface area contributed by atoms with Crippen molar-refractivity contribution in [1.29, 1.82) is 0 Å². The second-order valence-electron chi connectivity index (χ2n) is 5.81. The average Bonchev–Trinajstić information content (AvgIpc) is 2.72. The molecule has 1 aromatic carbocycles. The lowest BCUT2D eigenvalue weighted by Gasteiger charge is -2.24. The summed E-state index contributed by atoms with van der Waals surface area (Å²) < 4.78 is 11.4. The van der Waals surface area contributed by atoms with Gasteiger partial charge in [0, 0.05) is 13.1 Å². The highest BCUT2D eigenvalue weighted by Gasteiger charge is 2.29. The van der Waals surface area contributed by atoms with E-state index >= 15 is 0 Å². The number of rotatable bonds is 7. The van der Waals surface area contributed by atoms with Gasteiger partial charge in [0.1, 0.15) is 6.61 Å². The van der Waals surface area contributed by atoms with Gasteiger partial charge in [-0.3, -0.25) is 4.90 Å². The summed E-state index contributed by atoms with van der Waals surface area (Å²) in [5, 5.41) is 19.4. The Morgan fingerprint density at radius 1 is 1.14 bits per heavy atom. The van der Waals surface area contributed by atoms with E-state index in [0.29, 0.717) is 26.1 Å². The maximum atomic E-state index is 10.2. The van der Waals surface area contributed by atoms with Gasteiger partial charge >= 0.3 is 0 Å². The SMILES string of the molecule is CCOc1ccccc1OCCN1CCC[C@@](O)(CO)CC1. The molecule has 0 bridgehead atoms. The second kappa shape index (κ2) is 8.36. The van der Waals surface area contributed by atoms with Crippen molar-refractivity contribution >= 4 is 0 Å². The van der Waals surface area contributed by atoms with Crippen molar-refractivity contribution in [3.8, 4) is 11.5 Å². The van der Waals surface area contributed by atoms with Crippen LogP contribution in [-0.2, 0) is 0 Å². The van der Waals surface area contributed by atoms with Crippen LogP contribution in [0.5, 0.6) is 11.5 Å². The van der Waals surface area contributed by atoms with Crippen molar-refractivity contribution in [3.63, 3.8) is 0 Å². The summed E-state index contributed by atoms with van der Waals surface area (Å²) in [6.07, 6.45) is 2.17. The van der Waals surface area contributed by atoms with E-state index in [4.69, 9.17) is 9.47 Å². The quantitative estimate of drug-likeness (QED) is 0.802. The van der Waals surface area contributed by atoms with E-state index in [2.05, 4.69) is 4.90 Å². The number of para-hydroxylation sites is 2. The van der Waals surface area contributed by atoms with Crippen LogP contribution in [0.4, 0.5) is 0 Å². The Labute approximate surface area is 132 Å². The fraction of sp³-hybridized carbons (Fsp3) is 0.647. The van der Waals surface area contributed by atoms with Crippen LogP contribution in [0.15, 0.2) is 24.3 Å². The average molecular weight is 309 g/mol. The zero-order valence-electron chi connectivity index (χ0n) is 13.3. The van der Waals surface area contributed by atoms with E-state index < -0.39 is 5.60 Å². The lowest BCUT2D eigenvalue weighted by Crippen LogP contribution is -2.35. The first-order chi connectivity index (χ1) is 10.7. The fourth-order valence-corrected chi connectivity index (χ4v) is 2.75. The third-order valence-corrected chi connectivity index (χ3v) is 4.12. The van der Waals surface area contributed by atoms with E-state index in [1.165, 1.54) is 0 Å². The molecule has 1 aliphatic heterocycles. The minimum absolute atomic E-state index is 0.154. The predicted octanol–water partition coefficient (Wildman–Crippen LogP) is 1.67. The van der Waals surface area contributed by atoms with Gasteiger partial charge in [-0.2, -0.15) is 0 Å². The molecule has 0 amide bonds. The number of aliphatic hydroxyl groups excluding tert-OH is 1. The summed E-state index contributed by atoms with van der Waals surface area (Å²) in [5.41, 5.74) is -0.906. The van der Waals surface area contributed by atoms with Gasteiger partial charge < -0.3 is 19.7 Å². The molecule has 124 valence electrons. The summed E-state index contributed by atoms with van der Waals surface area (Å²) in [7, 11) is 0. The van der Waals surface area contributed by atoms with Crippen molar-refractivity contribution in [2.75, 3.05) is 39.5 Å². The molecular weight excluding hydrogens is 282 g/mol. The second-order valence-corrected chi connectivity index (χ2v) is 5.81. The number of aliphatic hydroxyl groups is 2. The molecule has 0 spiro atoms. The molecule has 0 radical (unpaired) electrons. The maximum absolute atomic E-state index is 10.2. The molecule has 1 atom stereocenters. The molecule has 0 saturated carbocycles. The van der Waals surface area contributed by atoms with Crippen LogP contribution in [0.2, 0.25) is 0 Å². The Kier molecular flexibility index (Phi) is 6.49. The highest BCUT2D eigenvalue weighted by Crippen LogP contribution is 2.26. The molecular formula is C17H27NO4. The Morgan fingerprint density at radius 3 is 2.55 bits per heavy atom. The summed E-state index contributed by atoms with van der Waals surface area (Å²) in [6, 6.07) is 7.69. The van der Waals surface area contributed by atoms with Gasteiger partial charge in [-0.25, -0.2) is 0 Å². The van der Waals surface area contributed by atoms with Gasteiger partial charge in [-0.15, -0.1) is 0 Å². The molecule has 0 unspecified atom stereocenters. The summed E-state index contributed by atoms with van der Waals surface area (Å²) in [4.78, 5) is 2.27. The van der Waals surface area contributed by atoms with Crippen molar-refractivity contribution in [1.82, 2.24) is 4.90 Å². The number of hydrogen-bond acceptors (Lipinski definition) is 5. The first kappa shape index (κ1) is 17.1. The summed E-state index contributed by atoms with van der Waals surface area (Å²) in [6.45, 7) is 5.53. The van der Waals surface area contributed by atoms with E-state index in [0.717, 1.165) is 37.6 Å². The van der Waals surface area contributed by atoms with Crippen molar-refractivity contribution in [3.05, 3.63) is 24.3 Å². The molecule has 1 aromatic rings. The zero-order valence-corrected chi connectivity index (χ0v) is 13.3. The third kappa shape index (κ3) is 4.87. The standard InChI is InChI=1S/C17H27NO4/c1-2-21-15-6-3-4-7-16(15)22-13-12-18-10-5-8-17(20,14-19)9-11-18/h3-4,6-7,19-20H,2,5,8-14H2,1H3/t17-/m0/s1. The minimum atomic E-state index is -0.906. The maximum Gasteiger partial charge on any atom is 0.161 e. The van der Waals surface area contributed by atoms with Crippen LogP contribution in [0.25, 0.3) is 0 Å². The van der Waals surface area contributed by atoms with Crippen LogP contribution in [0.3, 0.4) is 0 Å². The highest BCUT2D eigenvalue weighted by atomic mass is 16.5. The minimum Gasteiger partial charge on any atom is -0.490 e. The Balaban J connectivity index is 1.79. The zero-order chi connectivity index (χ0) is 15.8. The van der Waals surface area contributed by atoms with Crippen LogP contribution < -0.4 is 9.47 Å². The largest absolute Gasteiger partial charge is 0.490 e. The Bertz CT molecular complexity index is 454. The van der Waals surface area contributed by atoms with Crippen LogP contribution in [0, 0.1) is 0 Å². The number of likely N-dealkylation sites (tertiary alicyclic amines) is 1. The van der Waals surface area contributed by atoms with E-state index in [-0.39, 0.29) is 6.61 Å². The van der Waals surface area contributed by atoms with Crippen LogP contribution in [-0.4, -0.2) is 60.2 Å². The smallest absolute Gasteiger partial charge is 0.161 e. The van der Waals surface area contributed by atoms with E-state index in [1.807, 2.05) is 31.2 Å². The molecule has 1 fully saturated rings. The van der Waals surface area contributed by atoms with Gasteiger partial charge in [0.15, 0.2) is 11.5 Å². The molecule has 0 aromatic heterocycles. The number of nitrogens with zero attached hydrogens (tertiary/aromatic N) is 1. The fourth-order valence-electron chi connectivity index (χ4n) is 2.75. The predicted molar refractivity (Wildman–Crippen MR) is 85.4 cm³/mol. The molecule has 1 heterocycles. The first-order valence-corrected chi connectivity index (χ1v) is 8.07. The molecule has 1 aliphatic rings. The third-order valence-electron chi connectivity index (χ3n) is 4.12. The van der Waals surface area contributed by atoms with Crippen LogP contribution in [0.1, 0.15) is 26.2 Å². The van der Waals surface area contributed by atoms with Gasteiger partial charge in [0.05, 0.1) is 18.8 Å². The summed E-state index contributed by atoms with van der Waals surface area (Å²) in [5.74, 6) is 1.54. The van der Waals surface area contributed by atoms with E-state index in [9.17, 15) is 10.2 Å². The van der Waals surface area contributed by atoms with E-state index in [1.54, 1.807) is 0 Å². The first-order valence-electron chi connectivity index (χ1n) is 8.07. The number of ether oxygens (including phenoxy) is 2. The molecule has 2 N–H and O–H groups in total. The van der Waals surface area contributed by atoms with Gasteiger partial charge in [-0.1, -0.05) is 12.1 Å². The number of benzene rings is 1. The molecule has 0 aliphatic carbocycles. The van der Waals surface area contributed by atoms with Crippen molar-refractivity contribution in [2.24, 2.45) is 0 Å². The highest BCUT2D eigenvalue weighted by molar-refractivity contribution is 5.39. The molecule has 2 rings (SSSR count). The Hall–Kier alpha value is -1.30. The van der Waals surface area contributed by atoms with Gasteiger partial charge in [-0.05, 0) is 44.9 Å². The monoisotopic (exact) mass is 309 g/mol. The van der Waals surface area contributed by atoms with Gasteiger partial charge in [0.2, 0.25) is 0 Å². The number of hydrogen-bond donors (Lipinski definition) is 2. The Morgan fingerprint density at radius 2 is 1.86 bits per heavy atom. The molecule has 5 nitrogen and oxygen atoms in total.